The highest BCUT2D eigenvalue weighted by Crippen LogP contribution is 2.29. The van der Waals surface area contributed by atoms with E-state index in [-0.39, 0.29) is 0 Å². The summed E-state index contributed by atoms with van der Waals surface area (Å²) in [5, 5.41) is 1.13. The van der Waals surface area contributed by atoms with E-state index >= 15 is 0 Å². The molecule has 0 aliphatic rings. The predicted octanol–water partition coefficient (Wildman–Crippen LogP) is 3.99. The first kappa shape index (κ1) is 9.97. The predicted molar refractivity (Wildman–Crippen MR) is 70.8 cm³/mol. The number of aryl methyl sites for hydroxylation is 1. The van der Waals surface area contributed by atoms with Gasteiger partial charge >= 0.3 is 0 Å². The third kappa shape index (κ3) is 1.78. The topological polar surface area (TPSA) is 39.2 Å². The van der Waals surface area contributed by atoms with Crippen LogP contribution < -0.4 is 5.73 Å². The van der Waals surface area contributed by atoms with Gasteiger partial charge in [0.1, 0.15) is 11.3 Å². The third-order valence-corrected chi connectivity index (χ3v) is 2.84. The molecule has 2 heteroatoms. The summed E-state index contributed by atoms with van der Waals surface area (Å²) >= 11 is 0. The van der Waals surface area contributed by atoms with Gasteiger partial charge in [0, 0.05) is 16.6 Å². The number of fused-ring (bicyclic) bond motifs is 1. The van der Waals surface area contributed by atoms with Crippen molar-refractivity contribution in [3.63, 3.8) is 0 Å². The van der Waals surface area contributed by atoms with Crippen LogP contribution in [-0.4, -0.2) is 0 Å². The number of nitrogen functional groups attached to an aromatic ring is 1. The highest BCUT2D eigenvalue weighted by Gasteiger charge is 2.06. The summed E-state index contributed by atoms with van der Waals surface area (Å²) in [6.07, 6.45) is 0. The molecule has 0 atom stereocenters. The van der Waals surface area contributed by atoms with E-state index in [1.807, 2.05) is 30.3 Å². The van der Waals surface area contributed by atoms with Crippen LogP contribution in [0.15, 0.2) is 52.9 Å². The Labute approximate surface area is 99.7 Å². The number of furan rings is 1. The summed E-state index contributed by atoms with van der Waals surface area (Å²) < 4.78 is 5.81. The van der Waals surface area contributed by atoms with Crippen molar-refractivity contribution in [2.24, 2.45) is 0 Å². The number of rotatable bonds is 1. The van der Waals surface area contributed by atoms with Crippen molar-refractivity contribution in [1.82, 2.24) is 0 Å². The third-order valence-electron chi connectivity index (χ3n) is 2.84. The van der Waals surface area contributed by atoms with Gasteiger partial charge in [-0.3, -0.25) is 0 Å². The summed E-state index contributed by atoms with van der Waals surface area (Å²) in [5.74, 6) is 0.859. The molecular formula is C15H13NO. The fourth-order valence-corrected chi connectivity index (χ4v) is 2.00. The Morgan fingerprint density at radius 2 is 1.88 bits per heavy atom. The lowest BCUT2D eigenvalue weighted by Crippen LogP contribution is -1.83. The van der Waals surface area contributed by atoms with E-state index < -0.39 is 0 Å². The standard InChI is InChI=1S/C15H13NO/c1-10-5-6-14-12(7-10)9-15(17-14)11-3-2-4-13(16)8-11/h2-9H,16H2,1H3. The van der Waals surface area contributed by atoms with E-state index in [0.717, 1.165) is 28.0 Å². The maximum absolute atomic E-state index is 5.81. The normalized spacial score (nSPS) is 10.9. The Bertz CT molecular complexity index is 682. The molecule has 1 aromatic heterocycles. The summed E-state index contributed by atoms with van der Waals surface area (Å²) in [6, 6.07) is 16.0. The van der Waals surface area contributed by atoms with Crippen LogP contribution in [-0.2, 0) is 0 Å². The molecule has 0 radical (unpaired) electrons. The summed E-state index contributed by atoms with van der Waals surface area (Å²) in [7, 11) is 0. The second-order valence-corrected chi connectivity index (χ2v) is 4.28. The van der Waals surface area contributed by atoms with Crippen molar-refractivity contribution in [3.05, 3.63) is 54.1 Å². The summed E-state index contributed by atoms with van der Waals surface area (Å²) in [4.78, 5) is 0. The van der Waals surface area contributed by atoms with Crippen LogP contribution in [0.2, 0.25) is 0 Å². The molecule has 0 saturated carbocycles. The van der Waals surface area contributed by atoms with Crippen molar-refractivity contribution in [2.45, 2.75) is 6.92 Å². The maximum Gasteiger partial charge on any atom is 0.135 e. The Balaban J connectivity index is 2.18. The molecule has 0 saturated heterocycles. The molecule has 0 aliphatic heterocycles. The van der Waals surface area contributed by atoms with Gasteiger partial charge < -0.3 is 10.2 Å². The largest absolute Gasteiger partial charge is 0.456 e. The van der Waals surface area contributed by atoms with Gasteiger partial charge in [-0.1, -0.05) is 23.8 Å². The van der Waals surface area contributed by atoms with Crippen LogP contribution in [0, 0.1) is 6.92 Å². The van der Waals surface area contributed by atoms with E-state index in [0.29, 0.717) is 0 Å². The Kier molecular flexibility index (Phi) is 2.15. The average Bonchev–Trinajstić information content (AvgIpc) is 2.72. The lowest BCUT2D eigenvalue weighted by Gasteiger charge is -1.97. The molecule has 2 nitrogen and oxygen atoms in total. The van der Waals surface area contributed by atoms with Crippen LogP contribution in [0.1, 0.15) is 5.56 Å². The molecule has 3 rings (SSSR count). The molecule has 0 unspecified atom stereocenters. The molecule has 0 spiro atoms. The zero-order chi connectivity index (χ0) is 11.8. The fraction of sp³-hybridized carbons (Fsp3) is 0.0667. The Hall–Kier alpha value is -2.22. The summed E-state index contributed by atoms with van der Waals surface area (Å²) in [6.45, 7) is 2.08. The molecule has 0 bridgehead atoms. The Morgan fingerprint density at radius 1 is 1.00 bits per heavy atom. The second kappa shape index (κ2) is 3.67. The molecule has 2 aromatic carbocycles. The monoisotopic (exact) mass is 223 g/mol. The number of benzene rings is 2. The van der Waals surface area contributed by atoms with Crippen molar-refractivity contribution < 1.29 is 4.42 Å². The first-order valence-corrected chi connectivity index (χ1v) is 5.58. The van der Waals surface area contributed by atoms with Gasteiger partial charge in [0.05, 0.1) is 0 Å². The van der Waals surface area contributed by atoms with Gasteiger partial charge in [-0.2, -0.15) is 0 Å². The van der Waals surface area contributed by atoms with Crippen LogP contribution in [0.25, 0.3) is 22.3 Å². The minimum atomic E-state index is 0.749. The van der Waals surface area contributed by atoms with E-state index in [9.17, 15) is 0 Å². The van der Waals surface area contributed by atoms with Gasteiger partial charge in [0.2, 0.25) is 0 Å². The zero-order valence-electron chi connectivity index (χ0n) is 9.60. The van der Waals surface area contributed by atoms with Crippen LogP contribution in [0.3, 0.4) is 0 Å². The van der Waals surface area contributed by atoms with Gasteiger partial charge in [0.15, 0.2) is 0 Å². The smallest absolute Gasteiger partial charge is 0.135 e. The van der Waals surface area contributed by atoms with E-state index in [2.05, 4.69) is 25.1 Å². The van der Waals surface area contributed by atoms with Crippen molar-refractivity contribution in [2.75, 3.05) is 5.73 Å². The number of hydrogen-bond acceptors (Lipinski definition) is 2. The second-order valence-electron chi connectivity index (χ2n) is 4.28. The Morgan fingerprint density at radius 3 is 2.71 bits per heavy atom. The molecule has 3 aromatic rings. The van der Waals surface area contributed by atoms with Crippen LogP contribution in [0.5, 0.6) is 0 Å². The van der Waals surface area contributed by atoms with Crippen molar-refractivity contribution >= 4 is 16.7 Å². The SMILES string of the molecule is Cc1ccc2oc(-c3cccc(N)c3)cc2c1. The molecule has 17 heavy (non-hydrogen) atoms. The molecular weight excluding hydrogens is 210 g/mol. The van der Waals surface area contributed by atoms with Crippen LogP contribution >= 0.6 is 0 Å². The highest BCUT2D eigenvalue weighted by atomic mass is 16.3. The lowest BCUT2D eigenvalue weighted by atomic mass is 10.1. The van der Waals surface area contributed by atoms with Gasteiger partial charge in [-0.25, -0.2) is 0 Å². The van der Waals surface area contributed by atoms with Gasteiger partial charge in [0.25, 0.3) is 0 Å². The van der Waals surface area contributed by atoms with Gasteiger partial charge in [-0.05, 0) is 37.3 Å². The van der Waals surface area contributed by atoms with Crippen LogP contribution in [0.4, 0.5) is 5.69 Å². The fourth-order valence-electron chi connectivity index (χ4n) is 2.00. The average molecular weight is 223 g/mol. The first-order chi connectivity index (χ1) is 8.22. The number of nitrogens with two attached hydrogens (primary N) is 1. The quantitative estimate of drug-likeness (QED) is 0.633. The highest BCUT2D eigenvalue weighted by molar-refractivity contribution is 5.83. The van der Waals surface area contributed by atoms with E-state index in [1.54, 1.807) is 0 Å². The lowest BCUT2D eigenvalue weighted by molar-refractivity contribution is 0.631. The number of hydrogen-bond donors (Lipinski definition) is 1. The molecule has 1 heterocycles. The van der Waals surface area contributed by atoms with E-state index in [1.165, 1.54) is 5.56 Å². The van der Waals surface area contributed by atoms with Crippen molar-refractivity contribution in [1.29, 1.82) is 0 Å². The van der Waals surface area contributed by atoms with Gasteiger partial charge in [-0.15, -0.1) is 0 Å². The van der Waals surface area contributed by atoms with Crippen molar-refractivity contribution in [3.8, 4) is 11.3 Å². The molecule has 84 valence electrons. The first-order valence-electron chi connectivity index (χ1n) is 5.58. The number of anilines is 1. The van der Waals surface area contributed by atoms with E-state index in [4.69, 9.17) is 10.2 Å². The molecule has 2 N–H and O–H groups in total. The maximum atomic E-state index is 5.81. The molecule has 0 aliphatic carbocycles. The minimum absolute atomic E-state index is 0.749. The zero-order valence-corrected chi connectivity index (χ0v) is 9.60. The molecule has 0 fully saturated rings. The molecule has 0 amide bonds. The minimum Gasteiger partial charge on any atom is -0.456 e. The summed E-state index contributed by atoms with van der Waals surface area (Å²) in [5.41, 5.74) is 9.68.